The maximum atomic E-state index is 10.7. The third kappa shape index (κ3) is 0.970. The first-order valence-electron chi connectivity index (χ1n) is 2.99. The molecule has 1 saturated heterocycles. The van der Waals surface area contributed by atoms with Crippen LogP contribution in [0.2, 0.25) is 0 Å². The molecule has 9 heavy (non-hydrogen) atoms. The highest BCUT2D eigenvalue weighted by Gasteiger charge is 2.42. The Morgan fingerprint density at radius 1 is 1.78 bits per heavy atom. The zero-order chi connectivity index (χ0) is 6.91. The topological polar surface area (TPSA) is 26.3 Å². The van der Waals surface area contributed by atoms with Crippen LogP contribution in [0.3, 0.4) is 0 Å². The van der Waals surface area contributed by atoms with E-state index in [1.54, 1.807) is 0 Å². The molecule has 0 radical (unpaired) electrons. The lowest BCUT2D eigenvalue weighted by Crippen LogP contribution is -2.46. The Balaban J connectivity index is 2.57. The molecule has 52 valence electrons. The Morgan fingerprint density at radius 3 is 2.33 bits per heavy atom. The molecule has 1 rings (SSSR count). The molecule has 0 saturated carbocycles. The van der Waals surface area contributed by atoms with E-state index < -0.39 is 0 Å². The predicted octanol–water partition coefficient (Wildman–Crippen LogP) is 1.18. The number of hydrogen-bond acceptors (Lipinski definition) is 2. The lowest BCUT2D eigenvalue weighted by Gasteiger charge is -2.36. The molecule has 0 aromatic carbocycles. The zero-order valence-corrected chi connectivity index (χ0v) is 6.07. The van der Waals surface area contributed by atoms with Gasteiger partial charge in [-0.25, -0.2) is 0 Å². The van der Waals surface area contributed by atoms with Gasteiger partial charge in [-0.1, -0.05) is 6.92 Å². The highest BCUT2D eigenvalue weighted by atomic mass is 35.5. The summed E-state index contributed by atoms with van der Waals surface area (Å²) in [5, 5.41) is -0.253. The zero-order valence-electron chi connectivity index (χ0n) is 5.32. The van der Waals surface area contributed by atoms with Crippen LogP contribution >= 0.6 is 11.6 Å². The molecular formula is C6H9ClO2. The molecule has 1 aliphatic heterocycles. The van der Waals surface area contributed by atoms with E-state index in [1.165, 1.54) is 0 Å². The van der Waals surface area contributed by atoms with Crippen molar-refractivity contribution in [3.63, 3.8) is 0 Å². The van der Waals surface area contributed by atoms with E-state index in [0.29, 0.717) is 13.2 Å². The van der Waals surface area contributed by atoms with E-state index in [9.17, 15) is 4.79 Å². The van der Waals surface area contributed by atoms with Crippen molar-refractivity contribution in [3.05, 3.63) is 0 Å². The second-order valence-electron chi connectivity index (χ2n) is 2.40. The molecule has 0 aliphatic carbocycles. The normalized spacial score (nSPS) is 22.9. The van der Waals surface area contributed by atoms with Crippen LogP contribution < -0.4 is 0 Å². The Morgan fingerprint density at radius 2 is 2.33 bits per heavy atom. The van der Waals surface area contributed by atoms with E-state index in [2.05, 4.69) is 0 Å². The van der Waals surface area contributed by atoms with E-state index in [-0.39, 0.29) is 10.7 Å². The molecule has 0 spiro atoms. The standard InChI is InChI=1S/C6H9ClO2/c1-2-6(5(7)8)3-9-4-6/h2-4H2,1H3. The SMILES string of the molecule is CCC1(C(=O)Cl)COC1. The maximum absolute atomic E-state index is 10.7. The minimum atomic E-state index is -0.332. The van der Waals surface area contributed by atoms with Crippen LogP contribution in [-0.2, 0) is 9.53 Å². The van der Waals surface area contributed by atoms with Gasteiger partial charge in [-0.15, -0.1) is 0 Å². The summed E-state index contributed by atoms with van der Waals surface area (Å²) >= 11 is 5.32. The summed E-state index contributed by atoms with van der Waals surface area (Å²) in [7, 11) is 0. The van der Waals surface area contributed by atoms with Gasteiger partial charge in [0.25, 0.3) is 0 Å². The van der Waals surface area contributed by atoms with E-state index in [4.69, 9.17) is 16.3 Å². The summed E-state index contributed by atoms with van der Waals surface area (Å²) < 4.78 is 4.89. The molecule has 0 unspecified atom stereocenters. The number of halogens is 1. The highest BCUT2D eigenvalue weighted by molar-refractivity contribution is 6.64. The molecular weight excluding hydrogens is 140 g/mol. The average molecular weight is 149 g/mol. The third-order valence-electron chi connectivity index (χ3n) is 1.85. The van der Waals surface area contributed by atoms with Gasteiger partial charge in [0.1, 0.15) is 0 Å². The first-order valence-corrected chi connectivity index (χ1v) is 3.37. The Kier molecular flexibility index (Phi) is 1.78. The van der Waals surface area contributed by atoms with Gasteiger partial charge in [-0.2, -0.15) is 0 Å². The molecule has 0 aromatic heterocycles. The maximum Gasteiger partial charge on any atom is 0.232 e. The summed E-state index contributed by atoms with van der Waals surface area (Å²) in [6.07, 6.45) is 0.787. The van der Waals surface area contributed by atoms with Gasteiger partial charge in [0.05, 0.1) is 18.6 Å². The first-order chi connectivity index (χ1) is 4.21. The third-order valence-corrected chi connectivity index (χ3v) is 2.25. The molecule has 0 amide bonds. The summed E-state index contributed by atoms with van der Waals surface area (Å²) in [5.41, 5.74) is -0.332. The molecule has 1 fully saturated rings. The van der Waals surface area contributed by atoms with Gasteiger partial charge in [-0.05, 0) is 18.0 Å². The van der Waals surface area contributed by atoms with Gasteiger partial charge >= 0.3 is 0 Å². The molecule has 1 heterocycles. The van der Waals surface area contributed by atoms with Gasteiger partial charge in [0.15, 0.2) is 0 Å². The Bertz CT molecular complexity index is 124. The van der Waals surface area contributed by atoms with Gasteiger partial charge in [-0.3, -0.25) is 4.79 Å². The van der Waals surface area contributed by atoms with Crippen molar-refractivity contribution in [1.82, 2.24) is 0 Å². The van der Waals surface area contributed by atoms with Crippen molar-refractivity contribution >= 4 is 16.8 Å². The molecule has 2 nitrogen and oxygen atoms in total. The second-order valence-corrected chi connectivity index (χ2v) is 2.74. The highest BCUT2D eigenvalue weighted by Crippen LogP contribution is 2.33. The van der Waals surface area contributed by atoms with Crippen molar-refractivity contribution < 1.29 is 9.53 Å². The largest absolute Gasteiger partial charge is 0.379 e. The van der Waals surface area contributed by atoms with Crippen molar-refractivity contribution in [3.8, 4) is 0 Å². The van der Waals surface area contributed by atoms with Gasteiger partial charge in [0.2, 0.25) is 5.24 Å². The molecule has 0 N–H and O–H groups in total. The van der Waals surface area contributed by atoms with Crippen LogP contribution in [0.25, 0.3) is 0 Å². The number of carbonyl (C=O) groups excluding carboxylic acids is 1. The number of carbonyl (C=O) groups is 1. The van der Waals surface area contributed by atoms with Gasteiger partial charge in [0, 0.05) is 0 Å². The predicted molar refractivity (Wildman–Crippen MR) is 34.4 cm³/mol. The molecule has 1 aliphatic rings. The smallest absolute Gasteiger partial charge is 0.232 e. The van der Waals surface area contributed by atoms with Crippen LogP contribution in [-0.4, -0.2) is 18.5 Å². The van der Waals surface area contributed by atoms with Crippen LogP contribution in [0, 0.1) is 5.41 Å². The fourth-order valence-electron chi connectivity index (χ4n) is 0.805. The van der Waals surface area contributed by atoms with Crippen molar-refractivity contribution in [2.24, 2.45) is 5.41 Å². The van der Waals surface area contributed by atoms with Gasteiger partial charge < -0.3 is 4.74 Å². The number of ether oxygens (including phenoxy) is 1. The summed E-state index contributed by atoms with van der Waals surface area (Å²) in [6, 6.07) is 0. The Labute approximate surface area is 59.1 Å². The van der Waals surface area contributed by atoms with E-state index in [1.807, 2.05) is 6.92 Å². The van der Waals surface area contributed by atoms with Crippen molar-refractivity contribution in [1.29, 1.82) is 0 Å². The average Bonchev–Trinajstić information content (AvgIpc) is 1.62. The second kappa shape index (κ2) is 2.27. The lowest BCUT2D eigenvalue weighted by atomic mass is 9.85. The fraction of sp³-hybridized carbons (Fsp3) is 0.833. The molecule has 0 atom stereocenters. The quantitative estimate of drug-likeness (QED) is 0.550. The number of hydrogen-bond donors (Lipinski definition) is 0. The minimum Gasteiger partial charge on any atom is -0.379 e. The Hall–Kier alpha value is -0.0800. The molecule has 3 heteroatoms. The van der Waals surface area contributed by atoms with Crippen LogP contribution in [0.4, 0.5) is 0 Å². The van der Waals surface area contributed by atoms with E-state index in [0.717, 1.165) is 6.42 Å². The lowest BCUT2D eigenvalue weighted by molar-refractivity contribution is -0.151. The monoisotopic (exact) mass is 148 g/mol. The minimum absolute atomic E-state index is 0.253. The first kappa shape index (κ1) is 7.03. The summed E-state index contributed by atoms with van der Waals surface area (Å²) in [5.74, 6) is 0. The van der Waals surface area contributed by atoms with Crippen LogP contribution in [0.15, 0.2) is 0 Å². The molecule has 0 bridgehead atoms. The van der Waals surface area contributed by atoms with Crippen LogP contribution in [0.5, 0.6) is 0 Å². The van der Waals surface area contributed by atoms with Crippen molar-refractivity contribution in [2.75, 3.05) is 13.2 Å². The molecule has 0 aromatic rings. The van der Waals surface area contributed by atoms with Crippen molar-refractivity contribution in [2.45, 2.75) is 13.3 Å². The van der Waals surface area contributed by atoms with Crippen LogP contribution in [0.1, 0.15) is 13.3 Å². The summed E-state index contributed by atoms with van der Waals surface area (Å²) in [4.78, 5) is 10.7. The fourth-order valence-corrected chi connectivity index (χ4v) is 1.05. The van der Waals surface area contributed by atoms with E-state index >= 15 is 0 Å². The summed E-state index contributed by atoms with van der Waals surface area (Å²) in [6.45, 7) is 2.96. The number of rotatable bonds is 2.